The van der Waals surface area contributed by atoms with Crippen molar-refractivity contribution in [3.63, 3.8) is 0 Å². The number of carbonyl (C=O) groups is 1. The van der Waals surface area contributed by atoms with E-state index in [1.54, 1.807) is 41.8 Å². The number of sulfonamides is 1. The van der Waals surface area contributed by atoms with Crippen molar-refractivity contribution in [3.8, 4) is 5.75 Å². The number of hydrogen-bond acceptors (Lipinski definition) is 6. The molecule has 2 heterocycles. The summed E-state index contributed by atoms with van der Waals surface area (Å²) in [6.07, 6.45) is 0. The van der Waals surface area contributed by atoms with Gasteiger partial charge in [-0.3, -0.25) is 4.79 Å². The molecule has 0 spiro atoms. The molecule has 0 atom stereocenters. The third-order valence-electron chi connectivity index (χ3n) is 3.71. The van der Waals surface area contributed by atoms with Crippen LogP contribution in [0.25, 0.3) is 0 Å². The molecule has 26 heavy (non-hydrogen) atoms. The van der Waals surface area contributed by atoms with Crippen LogP contribution in [-0.2, 0) is 16.6 Å². The molecule has 8 heteroatoms. The Labute approximate surface area is 160 Å². The van der Waals surface area contributed by atoms with Crippen molar-refractivity contribution >= 4 is 38.5 Å². The molecule has 0 unspecified atom stereocenters. The van der Waals surface area contributed by atoms with E-state index in [9.17, 15) is 13.2 Å². The molecule has 0 amide bonds. The fourth-order valence-corrected chi connectivity index (χ4v) is 5.26. The molecule has 1 N–H and O–H groups in total. The first-order valence-electron chi connectivity index (χ1n) is 7.70. The number of aryl methyl sites for hydroxylation is 1. The minimum Gasteiger partial charge on any atom is -0.495 e. The average molecular weight is 408 g/mol. The van der Waals surface area contributed by atoms with Crippen LogP contribution in [0.3, 0.4) is 0 Å². The van der Waals surface area contributed by atoms with Crippen molar-refractivity contribution < 1.29 is 17.9 Å². The first-order chi connectivity index (χ1) is 12.4. The van der Waals surface area contributed by atoms with E-state index in [0.29, 0.717) is 16.2 Å². The molecule has 3 rings (SSSR count). The Hall–Kier alpha value is -2.00. The Morgan fingerprint density at radius 2 is 2.00 bits per heavy atom. The van der Waals surface area contributed by atoms with Crippen molar-refractivity contribution in [2.24, 2.45) is 0 Å². The van der Waals surface area contributed by atoms with Gasteiger partial charge in [0.15, 0.2) is 0 Å². The lowest BCUT2D eigenvalue weighted by atomic mass is 10.2. The Kier molecular flexibility index (Phi) is 5.57. The molecule has 3 aromatic rings. The first-order valence-corrected chi connectivity index (χ1v) is 10.9. The summed E-state index contributed by atoms with van der Waals surface area (Å²) in [5.41, 5.74) is 1.47. The maximum atomic E-state index is 12.6. The van der Waals surface area contributed by atoms with Gasteiger partial charge < -0.3 is 4.74 Å². The fraction of sp³-hybridized carbons (Fsp3) is 0.167. The average Bonchev–Trinajstić information content (AvgIpc) is 3.31. The van der Waals surface area contributed by atoms with Gasteiger partial charge in [0, 0.05) is 22.4 Å². The molecule has 0 fully saturated rings. The zero-order chi connectivity index (χ0) is 18.7. The largest absolute Gasteiger partial charge is 0.495 e. The van der Waals surface area contributed by atoms with Gasteiger partial charge in [0.1, 0.15) is 10.6 Å². The van der Waals surface area contributed by atoms with Gasteiger partial charge >= 0.3 is 0 Å². The molecule has 5 nitrogen and oxygen atoms in total. The SMILES string of the molecule is COc1ccc(C)cc1S(=O)(=O)NCc1ccc(C(=O)c2ccsc2)s1. The fourth-order valence-electron chi connectivity index (χ4n) is 2.37. The molecule has 0 aliphatic heterocycles. The zero-order valence-electron chi connectivity index (χ0n) is 14.2. The van der Waals surface area contributed by atoms with E-state index in [0.717, 1.165) is 10.4 Å². The predicted molar refractivity (Wildman–Crippen MR) is 104 cm³/mol. The maximum absolute atomic E-state index is 12.6. The number of benzene rings is 1. The number of nitrogens with one attached hydrogen (secondary N) is 1. The van der Waals surface area contributed by atoms with Crippen LogP contribution in [-0.4, -0.2) is 21.3 Å². The molecule has 1 aromatic carbocycles. The second-order valence-electron chi connectivity index (χ2n) is 5.59. The Bertz CT molecular complexity index is 1020. The Morgan fingerprint density at radius 1 is 1.19 bits per heavy atom. The van der Waals surface area contributed by atoms with Crippen molar-refractivity contribution in [1.29, 1.82) is 0 Å². The topological polar surface area (TPSA) is 72.5 Å². The lowest BCUT2D eigenvalue weighted by Gasteiger charge is -2.11. The van der Waals surface area contributed by atoms with Crippen LogP contribution in [0.15, 0.2) is 52.1 Å². The van der Waals surface area contributed by atoms with Crippen molar-refractivity contribution in [2.45, 2.75) is 18.4 Å². The van der Waals surface area contributed by atoms with Gasteiger partial charge in [-0.2, -0.15) is 11.3 Å². The van der Waals surface area contributed by atoms with Crippen molar-refractivity contribution in [1.82, 2.24) is 4.72 Å². The number of ether oxygens (including phenoxy) is 1. The van der Waals surface area contributed by atoms with Gasteiger partial charge in [0.25, 0.3) is 0 Å². The number of hydrogen-bond donors (Lipinski definition) is 1. The van der Waals surface area contributed by atoms with Crippen LogP contribution in [0, 0.1) is 6.92 Å². The molecule has 0 saturated carbocycles. The van der Waals surface area contributed by atoms with E-state index < -0.39 is 10.0 Å². The minimum atomic E-state index is -3.73. The molecule has 0 aliphatic rings. The van der Waals surface area contributed by atoms with E-state index in [1.165, 1.54) is 29.8 Å². The summed E-state index contributed by atoms with van der Waals surface area (Å²) in [5.74, 6) is 0.244. The van der Waals surface area contributed by atoms with Gasteiger partial charge in [0.05, 0.1) is 12.0 Å². The highest BCUT2D eigenvalue weighted by molar-refractivity contribution is 7.89. The molecule has 0 saturated heterocycles. The molecular weight excluding hydrogens is 390 g/mol. The molecule has 136 valence electrons. The zero-order valence-corrected chi connectivity index (χ0v) is 16.6. The van der Waals surface area contributed by atoms with E-state index in [1.807, 2.05) is 12.3 Å². The van der Waals surface area contributed by atoms with E-state index in [2.05, 4.69) is 4.72 Å². The van der Waals surface area contributed by atoms with Crippen LogP contribution >= 0.6 is 22.7 Å². The van der Waals surface area contributed by atoms with Crippen LogP contribution < -0.4 is 9.46 Å². The standard InChI is InChI=1S/C18H17NO4S3/c1-12-3-5-15(23-2)17(9-12)26(21,22)19-10-14-4-6-16(25-14)18(20)13-7-8-24-11-13/h3-9,11,19H,10H2,1-2H3. The predicted octanol–water partition coefficient (Wildman–Crippen LogP) is 3.84. The summed E-state index contributed by atoms with van der Waals surface area (Å²) in [6.45, 7) is 1.93. The van der Waals surface area contributed by atoms with E-state index >= 15 is 0 Å². The third kappa shape index (κ3) is 4.04. The van der Waals surface area contributed by atoms with Gasteiger partial charge in [-0.15, -0.1) is 11.3 Å². The van der Waals surface area contributed by atoms with Gasteiger partial charge in [-0.1, -0.05) is 6.07 Å². The third-order valence-corrected chi connectivity index (χ3v) is 6.90. The summed E-state index contributed by atoms with van der Waals surface area (Å²) >= 11 is 2.75. The molecular formula is C18H17NO4S3. The minimum absolute atomic E-state index is 0.0503. The number of carbonyl (C=O) groups excluding carboxylic acids is 1. The number of methoxy groups -OCH3 is 1. The van der Waals surface area contributed by atoms with Gasteiger partial charge in [-0.25, -0.2) is 13.1 Å². The van der Waals surface area contributed by atoms with Crippen molar-refractivity contribution in [2.75, 3.05) is 7.11 Å². The second-order valence-corrected chi connectivity index (χ2v) is 9.27. The molecule has 0 aliphatic carbocycles. The monoisotopic (exact) mass is 407 g/mol. The van der Waals surface area contributed by atoms with Crippen molar-refractivity contribution in [3.05, 3.63) is 68.0 Å². The summed E-state index contributed by atoms with van der Waals surface area (Å²) in [6, 6.07) is 10.3. The Balaban J connectivity index is 1.75. The van der Waals surface area contributed by atoms with E-state index in [4.69, 9.17) is 4.74 Å². The first kappa shape index (κ1) is 18.8. The maximum Gasteiger partial charge on any atom is 0.244 e. The molecule has 2 aromatic heterocycles. The smallest absolute Gasteiger partial charge is 0.244 e. The normalized spacial score (nSPS) is 11.5. The lowest BCUT2D eigenvalue weighted by molar-refractivity contribution is 0.104. The number of rotatable bonds is 7. The lowest BCUT2D eigenvalue weighted by Crippen LogP contribution is -2.23. The van der Waals surface area contributed by atoms with Crippen LogP contribution in [0.1, 0.15) is 25.7 Å². The van der Waals surface area contributed by atoms with Crippen LogP contribution in [0.4, 0.5) is 0 Å². The highest BCUT2D eigenvalue weighted by Crippen LogP contribution is 2.26. The van der Waals surface area contributed by atoms with Gasteiger partial charge in [0.2, 0.25) is 15.8 Å². The summed E-state index contributed by atoms with van der Waals surface area (Å²) in [4.78, 5) is 13.8. The highest BCUT2D eigenvalue weighted by Gasteiger charge is 2.20. The van der Waals surface area contributed by atoms with Crippen LogP contribution in [0.2, 0.25) is 0 Å². The Morgan fingerprint density at radius 3 is 2.69 bits per heavy atom. The summed E-state index contributed by atoms with van der Waals surface area (Å²) in [7, 11) is -2.29. The van der Waals surface area contributed by atoms with E-state index in [-0.39, 0.29) is 17.2 Å². The second kappa shape index (κ2) is 7.71. The number of ketones is 1. The quantitative estimate of drug-likeness (QED) is 0.604. The summed E-state index contributed by atoms with van der Waals surface area (Å²) < 4.78 is 33.0. The van der Waals surface area contributed by atoms with Crippen LogP contribution in [0.5, 0.6) is 5.75 Å². The number of thiophene rings is 2. The van der Waals surface area contributed by atoms with Gasteiger partial charge in [-0.05, 0) is 48.2 Å². The summed E-state index contributed by atoms with van der Waals surface area (Å²) in [5, 5.41) is 3.65. The molecule has 0 radical (unpaired) electrons. The highest BCUT2D eigenvalue weighted by atomic mass is 32.2. The molecule has 0 bridgehead atoms.